The summed E-state index contributed by atoms with van der Waals surface area (Å²) in [6.45, 7) is 2.40. The maximum atomic E-state index is 13.2. The zero-order chi connectivity index (χ0) is 27.0. The first-order valence-electron chi connectivity index (χ1n) is 11.9. The van der Waals surface area contributed by atoms with Crippen molar-refractivity contribution in [2.45, 2.75) is 17.7 Å². The molecule has 38 heavy (non-hydrogen) atoms. The molecule has 7 nitrogen and oxygen atoms in total. The molecule has 9 heteroatoms. The van der Waals surface area contributed by atoms with E-state index >= 15 is 0 Å². The molecule has 0 aliphatic heterocycles. The topological polar surface area (TPSA) is 96.5 Å². The third kappa shape index (κ3) is 6.96. The number of benzene rings is 4. The minimum Gasteiger partial charge on any atom is -0.494 e. The number of carbonyl (C=O) groups excluding carboxylic acids is 1. The van der Waals surface area contributed by atoms with Crippen LogP contribution in [0.5, 0.6) is 5.75 Å². The molecule has 4 aromatic rings. The van der Waals surface area contributed by atoms with E-state index in [2.05, 4.69) is 15.4 Å². The molecule has 0 bridgehead atoms. The highest BCUT2D eigenvalue weighted by Crippen LogP contribution is 2.25. The number of sulfonamides is 1. The number of carbonyl (C=O) groups is 1. The average molecular weight is 546 g/mol. The minimum absolute atomic E-state index is 0.0834. The number of amides is 1. The van der Waals surface area contributed by atoms with Gasteiger partial charge in [-0.3, -0.25) is 9.52 Å². The number of thiocarbonyl (C=S) groups is 1. The van der Waals surface area contributed by atoms with Crippen LogP contribution in [0.3, 0.4) is 0 Å². The fourth-order valence-corrected chi connectivity index (χ4v) is 5.13. The highest BCUT2D eigenvalue weighted by Gasteiger charge is 2.23. The zero-order valence-corrected chi connectivity index (χ0v) is 22.3. The Balaban J connectivity index is 1.40. The third-order valence-electron chi connectivity index (χ3n) is 5.60. The summed E-state index contributed by atoms with van der Waals surface area (Å²) in [6.07, 6.45) is 0. The number of hydrogen-bond acceptors (Lipinski definition) is 5. The van der Waals surface area contributed by atoms with Crippen LogP contribution in [0.1, 0.15) is 24.0 Å². The second kappa shape index (κ2) is 12.4. The summed E-state index contributed by atoms with van der Waals surface area (Å²) in [5, 5.41) is 5.81. The van der Waals surface area contributed by atoms with Gasteiger partial charge in [-0.1, -0.05) is 60.7 Å². The fraction of sp³-hybridized carbons (Fsp3) is 0.103. The lowest BCUT2D eigenvalue weighted by atomic mass is 9.90. The number of nitrogens with one attached hydrogen (secondary N) is 3. The molecule has 0 saturated heterocycles. The summed E-state index contributed by atoms with van der Waals surface area (Å²) in [6, 6.07) is 31.7. The van der Waals surface area contributed by atoms with Gasteiger partial charge in [-0.25, -0.2) is 8.42 Å². The first-order chi connectivity index (χ1) is 18.4. The Morgan fingerprint density at radius 2 is 1.32 bits per heavy atom. The highest BCUT2D eigenvalue weighted by atomic mass is 32.2. The van der Waals surface area contributed by atoms with Crippen molar-refractivity contribution in [2.75, 3.05) is 16.6 Å². The Bertz CT molecular complexity index is 1440. The van der Waals surface area contributed by atoms with Crippen molar-refractivity contribution < 1.29 is 17.9 Å². The van der Waals surface area contributed by atoms with Crippen LogP contribution >= 0.6 is 12.2 Å². The van der Waals surface area contributed by atoms with Crippen molar-refractivity contribution in [3.8, 4) is 5.75 Å². The molecule has 0 unspecified atom stereocenters. The van der Waals surface area contributed by atoms with Crippen LogP contribution in [-0.4, -0.2) is 26.0 Å². The van der Waals surface area contributed by atoms with E-state index in [0.29, 0.717) is 23.7 Å². The van der Waals surface area contributed by atoms with Gasteiger partial charge in [0.25, 0.3) is 10.0 Å². The van der Waals surface area contributed by atoms with Crippen molar-refractivity contribution in [1.29, 1.82) is 0 Å². The Morgan fingerprint density at radius 3 is 1.84 bits per heavy atom. The van der Waals surface area contributed by atoms with Gasteiger partial charge in [-0.15, -0.1) is 0 Å². The van der Waals surface area contributed by atoms with Crippen LogP contribution in [0.25, 0.3) is 0 Å². The van der Waals surface area contributed by atoms with Gasteiger partial charge in [0, 0.05) is 11.4 Å². The largest absolute Gasteiger partial charge is 0.494 e. The van der Waals surface area contributed by atoms with Gasteiger partial charge in [-0.05, 0) is 78.8 Å². The summed E-state index contributed by atoms with van der Waals surface area (Å²) in [5.41, 5.74) is 2.64. The van der Waals surface area contributed by atoms with Crippen LogP contribution in [0.2, 0.25) is 0 Å². The maximum Gasteiger partial charge on any atom is 0.261 e. The van der Waals surface area contributed by atoms with Crippen molar-refractivity contribution in [2.24, 2.45) is 0 Å². The van der Waals surface area contributed by atoms with Gasteiger partial charge >= 0.3 is 0 Å². The lowest BCUT2D eigenvalue weighted by molar-refractivity contribution is -0.120. The standard InChI is InChI=1S/C29H27N3O4S2/c1-2-36-25-17-13-24(14-18-25)32-38(34,35)26-19-15-23(16-20-26)30-29(37)31-28(33)27(21-9-5-3-6-10-21)22-11-7-4-8-12-22/h3-20,27,32H,2H2,1H3,(H2,30,31,33,37). The van der Waals surface area contributed by atoms with Gasteiger partial charge in [0.1, 0.15) is 5.75 Å². The summed E-state index contributed by atoms with van der Waals surface area (Å²) in [5.74, 6) is -0.162. The molecule has 0 aliphatic rings. The van der Waals surface area contributed by atoms with Gasteiger partial charge in [0.2, 0.25) is 5.91 Å². The van der Waals surface area contributed by atoms with E-state index in [1.54, 1.807) is 36.4 Å². The van der Waals surface area contributed by atoms with E-state index < -0.39 is 15.9 Å². The average Bonchev–Trinajstić information content (AvgIpc) is 2.91. The molecule has 0 aliphatic carbocycles. The van der Waals surface area contributed by atoms with Gasteiger partial charge in [0.15, 0.2) is 5.11 Å². The van der Waals surface area contributed by atoms with Crippen molar-refractivity contribution in [3.63, 3.8) is 0 Å². The van der Waals surface area contributed by atoms with Crippen LogP contribution in [0.15, 0.2) is 114 Å². The molecular weight excluding hydrogens is 518 g/mol. The fourth-order valence-electron chi connectivity index (χ4n) is 3.85. The maximum absolute atomic E-state index is 13.2. The number of ether oxygens (including phenoxy) is 1. The molecule has 0 spiro atoms. The normalized spacial score (nSPS) is 11.0. The Hall–Kier alpha value is -4.21. The van der Waals surface area contributed by atoms with Crippen LogP contribution in [0.4, 0.5) is 11.4 Å². The molecule has 0 heterocycles. The van der Waals surface area contributed by atoms with Gasteiger partial charge in [-0.2, -0.15) is 0 Å². The molecule has 4 aromatic carbocycles. The van der Waals surface area contributed by atoms with E-state index in [0.717, 1.165) is 11.1 Å². The summed E-state index contributed by atoms with van der Waals surface area (Å²) in [7, 11) is -3.80. The molecule has 1 amide bonds. The zero-order valence-electron chi connectivity index (χ0n) is 20.6. The van der Waals surface area contributed by atoms with E-state index in [1.807, 2.05) is 67.6 Å². The lowest BCUT2D eigenvalue weighted by Gasteiger charge is -2.18. The number of anilines is 2. The van der Waals surface area contributed by atoms with Crippen LogP contribution in [-0.2, 0) is 14.8 Å². The number of rotatable bonds is 9. The quantitative estimate of drug-likeness (QED) is 0.239. The molecule has 0 aromatic heterocycles. The summed E-state index contributed by atoms with van der Waals surface area (Å²) >= 11 is 5.37. The Morgan fingerprint density at radius 1 is 0.789 bits per heavy atom. The van der Waals surface area contributed by atoms with E-state index in [9.17, 15) is 13.2 Å². The molecule has 0 radical (unpaired) electrons. The SMILES string of the molecule is CCOc1ccc(NS(=O)(=O)c2ccc(NC(=S)NC(=O)C(c3ccccc3)c3ccccc3)cc2)cc1. The predicted molar refractivity (Wildman–Crippen MR) is 154 cm³/mol. The third-order valence-corrected chi connectivity index (χ3v) is 7.21. The van der Waals surface area contributed by atoms with Crippen LogP contribution < -0.4 is 20.1 Å². The molecule has 3 N–H and O–H groups in total. The van der Waals surface area contributed by atoms with E-state index in [-0.39, 0.29) is 15.9 Å². The Kier molecular flexibility index (Phi) is 8.73. The van der Waals surface area contributed by atoms with E-state index in [4.69, 9.17) is 17.0 Å². The predicted octanol–water partition coefficient (Wildman–Crippen LogP) is 5.53. The highest BCUT2D eigenvalue weighted by molar-refractivity contribution is 7.92. The minimum atomic E-state index is -3.80. The van der Waals surface area contributed by atoms with Gasteiger partial charge < -0.3 is 15.4 Å². The lowest BCUT2D eigenvalue weighted by Crippen LogP contribution is -2.37. The summed E-state index contributed by atoms with van der Waals surface area (Å²) in [4.78, 5) is 13.3. The van der Waals surface area contributed by atoms with Crippen molar-refractivity contribution in [3.05, 3.63) is 120 Å². The van der Waals surface area contributed by atoms with Gasteiger partial charge in [0.05, 0.1) is 17.4 Å². The molecule has 0 fully saturated rings. The molecule has 0 saturated carbocycles. The molecule has 194 valence electrons. The monoisotopic (exact) mass is 545 g/mol. The molecular formula is C29H27N3O4S2. The van der Waals surface area contributed by atoms with Crippen LogP contribution in [0, 0.1) is 0 Å². The Labute approximate surface area is 227 Å². The second-order valence-corrected chi connectivity index (χ2v) is 10.4. The smallest absolute Gasteiger partial charge is 0.261 e. The second-order valence-electron chi connectivity index (χ2n) is 8.29. The van der Waals surface area contributed by atoms with Crippen molar-refractivity contribution >= 4 is 44.6 Å². The molecule has 0 atom stereocenters. The van der Waals surface area contributed by atoms with Crippen molar-refractivity contribution in [1.82, 2.24) is 5.32 Å². The van der Waals surface area contributed by atoms with E-state index in [1.165, 1.54) is 12.1 Å². The molecule has 4 rings (SSSR count). The first-order valence-corrected chi connectivity index (χ1v) is 13.8. The number of hydrogen-bond donors (Lipinski definition) is 3. The summed E-state index contributed by atoms with van der Waals surface area (Å²) < 4.78 is 33.5. The first kappa shape index (κ1) is 26.8.